The molecule has 174 valence electrons. The number of hydrogen-bond donors (Lipinski definition) is 0. The normalized spacial score (nSPS) is 12.9. The lowest BCUT2D eigenvalue weighted by Gasteiger charge is -2.20. The Balaban J connectivity index is 1.60. The van der Waals surface area contributed by atoms with Crippen LogP contribution in [-0.2, 0) is 10.8 Å². The molecule has 35 heavy (non-hydrogen) atoms. The number of nitrogens with zero attached hydrogens (tertiary/aromatic N) is 2. The van der Waals surface area contributed by atoms with Gasteiger partial charge in [-0.2, -0.15) is 0 Å². The summed E-state index contributed by atoms with van der Waals surface area (Å²) in [6.45, 7) is 13.6. The maximum atomic E-state index is 4.60. The van der Waals surface area contributed by atoms with Crippen LogP contribution in [0.2, 0.25) is 0 Å². The summed E-state index contributed by atoms with van der Waals surface area (Å²) in [5.74, 6) is 0. The highest BCUT2D eigenvalue weighted by Gasteiger charge is 2.19. The lowest BCUT2D eigenvalue weighted by atomic mass is 9.86. The number of hydrogen-bond acceptors (Lipinski definition) is 1. The van der Waals surface area contributed by atoms with E-state index < -0.39 is 0 Å². The molecule has 0 saturated carbocycles. The zero-order valence-electron chi connectivity index (χ0n) is 21.5. The molecule has 4 heterocycles. The fraction of sp³-hybridized carbons (Fsp3) is 0.242. The summed E-state index contributed by atoms with van der Waals surface area (Å²) in [7, 11) is 0. The average Bonchev–Trinajstić information content (AvgIpc) is 3.27. The van der Waals surface area contributed by atoms with Crippen molar-refractivity contribution in [3.63, 3.8) is 0 Å². The molecule has 0 aliphatic carbocycles. The van der Waals surface area contributed by atoms with Gasteiger partial charge in [0.15, 0.2) is 0 Å². The van der Waals surface area contributed by atoms with Crippen molar-refractivity contribution in [2.45, 2.75) is 52.4 Å². The summed E-state index contributed by atoms with van der Waals surface area (Å²) in [4.78, 5) is 4.60. The van der Waals surface area contributed by atoms with Crippen molar-refractivity contribution in [3.05, 3.63) is 96.3 Å². The molecule has 0 fully saturated rings. The van der Waals surface area contributed by atoms with Crippen LogP contribution >= 0.6 is 0 Å². The van der Waals surface area contributed by atoms with Crippen molar-refractivity contribution >= 4 is 27.3 Å². The first-order valence-electron chi connectivity index (χ1n) is 12.5. The van der Waals surface area contributed by atoms with Crippen LogP contribution in [0, 0.1) is 0 Å². The molecule has 0 amide bonds. The van der Waals surface area contributed by atoms with Gasteiger partial charge in [-0.15, -0.1) is 0 Å². The first-order chi connectivity index (χ1) is 16.6. The van der Waals surface area contributed by atoms with E-state index >= 15 is 0 Å². The molecule has 2 nitrogen and oxygen atoms in total. The van der Waals surface area contributed by atoms with Gasteiger partial charge in [-0.1, -0.05) is 90.1 Å². The molecule has 0 radical (unpaired) electrons. The van der Waals surface area contributed by atoms with E-state index in [0.717, 1.165) is 0 Å². The monoisotopic (exact) mass is 456 g/mol. The minimum atomic E-state index is 0.140. The third-order valence-electron chi connectivity index (χ3n) is 7.35. The van der Waals surface area contributed by atoms with Crippen molar-refractivity contribution in [2.75, 3.05) is 0 Å². The summed E-state index contributed by atoms with van der Waals surface area (Å²) < 4.78 is 2.44. The van der Waals surface area contributed by atoms with E-state index in [9.17, 15) is 0 Å². The molecule has 0 saturated heterocycles. The zero-order valence-corrected chi connectivity index (χ0v) is 21.5. The highest BCUT2D eigenvalue weighted by Crippen LogP contribution is 2.39. The summed E-state index contributed by atoms with van der Waals surface area (Å²) in [5, 5.41) is 2.33. The van der Waals surface area contributed by atoms with Crippen LogP contribution in [-0.4, -0.2) is 9.38 Å². The Kier molecular flexibility index (Phi) is 4.63. The Labute approximate surface area is 207 Å². The molecule has 2 aromatic carbocycles. The molecule has 6 aromatic rings. The van der Waals surface area contributed by atoms with Gasteiger partial charge in [0.1, 0.15) is 0 Å². The number of rotatable bonds is 2. The van der Waals surface area contributed by atoms with Gasteiger partial charge in [-0.05, 0) is 57.3 Å². The Bertz CT molecular complexity index is 1550. The Morgan fingerprint density at radius 3 is 1.31 bits per heavy atom. The lowest BCUT2D eigenvalue weighted by Crippen LogP contribution is -2.10. The molecule has 0 unspecified atom stereocenters. The predicted molar refractivity (Wildman–Crippen MR) is 150 cm³/mol. The van der Waals surface area contributed by atoms with Gasteiger partial charge in [-0.3, -0.25) is 4.98 Å². The smallest absolute Gasteiger partial charge is 0.0638 e. The van der Waals surface area contributed by atoms with E-state index in [1.807, 2.05) is 12.4 Å². The average molecular weight is 457 g/mol. The number of aromatic nitrogens is 2. The van der Waals surface area contributed by atoms with Crippen LogP contribution in [0.1, 0.15) is 52.7 Å². The molecular formula is C33H32N2. The summed E-state index contributed by atoms with van der Waals surface area (Å²) in [6.07, 6.45) is 3.98. The molecule has 0 N–H and O–H groups in total. The van der Waals surface area contributed by atoms with Crippen LogP contribution in [0.5, 0.6) is 0 Å². The first kappa shape index (κ1) is 21.9. The maximum Gasteiger partial charge on any atom is 0.0638 e. The van der Waals surface area contributed by atoms with E-state index in [-0.39, 0.29) is 10.8 Å². The molecular weight excluding hydrogens is 424 g/mol. The van der Waals surface area contributed by atoms with Gasteiger partial charge in [-0.25, -0.2) is 0 Å². The molecule has 0 spiro atoms. The summed E-state index contributed by atoms with van der Waals surface area (Å²) in [6, 6.07) is 27.3. The Morgan fingerprint density at radius 1 is 0.543 bits per heavy atom. The fourth-order valence-corrected chi connectivity index (χ4v) is 5.28. The quantitative estimate of drug-likeness (QED) is 0.254. The SMILES string of the molecule is CC(C)(C)c1ccc(-c2cc3cncc4cc(-c5ccc(C(C)(C)C)cc5)c5ccc2n5c34)cc1. The van der Waals surface area contributed by atoms with Crippen LogP contribution in [0.15, 0.2) is 85.2 Å². The molecule has 2 heteroatoms. The Hall–Kier alpha value is -3.65. The third-order valence-corrected chi connectivity index (χ3v) is 7.35. The predicted octanol–water partition coefficient (Wildman–Crippen LogP) is 9.01. The van der Waals surface area contributed by atoms with Crippen molar-refractivity contribution in [1.82, 2.24) is 9.38 Å². The number of pyridine rings is 3. The highest BCUT2D eigenvalue weighted by molar-refractivity contribution is 6.07. The van der Waals surface area contributed by atoms with Crippen LogP contribution in [0.3, 0.4) is 0 Å². The van der Waals surface area contributed by atoms with Crippen molar-refractivity contribution < 1.29 is 0 Å². The van der Waals surface area contributed by atoms with Crippen molar-refractivity contribution in [3.8, 4) is 22.3 Å². The second-order valence-corrected chi connectivity index (χ2v) is 11.9. The first-order valence-corrected chi connectivity index (χ1v) is 12.5. The molecule has 0 atom stereocenters. The molecule has 0 bridgehead atoms. The summed E-state index contributed by atoms with van der Waals surface area (Å²) >= 11 is 0. The van der Waals surface area contributed by atoms with Gasteiger partial charge in [0.2, 0.25) is 0 Å². The van der Waals surface area contributed by atoms with E-state index in [1.165, 1.54) is 60.7 Å². The van der Waals surface area contributed by atoms with Gasteiger partial charge in [0.25, 0.3) is 0 Å². The topological polar surface area (TPSA) is 17.3 Å². The van der Waals surface area contributed by atoms with E-state index in [2.05, 4.69) is 124 Å². The largest absolute Gasteiger partial charge is 0.308 e. The van der Waals surface area contributed by atoms with Gasteiger partial charge in [0, 0.05) is 34.3 Å². The van der Waals surface area contributed by atoms with Gasteiger partial charge < -0.3 is 4.40 Å². The third kappa shape index (κ3) is 3.51. The van der Waals surface area contributed by atoms with Gasteiger partial charge in [0.05, 0.1) is 16.6 Å². The minimum Gasteiger partial charge on any atom is -0.308 e. The van der Waals surface area contributed by atoms with Gasteiger partial charge >= 0.3 is 0 Å². The van der Waals surface area contributed by atoms with E-state index in [0.29, 0.717) is 0 Å². The molecule has 6 rings (SSSR count). The fourth-order valence-electron chi connectivity index (χ4n) is 5.28. The molecule has 4 aromatic heterocycles. The van der Waals surface area contributed by atoms with Crippen LogP contribution in [0.4, 0.5) is 0 Å². The molecule has 0 aliphatic rings. The summed E-state index contributed by atoms with van der Waals surface area (Å²) in [5.41, 5.74) is 11.6. The van der Waals surface area contributed by atoms with Crippen LogP contribution < -0.4 is 0 Å². The van der Waals surface area contributed by atoms with Crippen molar-refractivity contribution in [1.29, 1.82) is 0 Å². The van der Waals surface area contributed by atoms with Crippen molar-refractivity contribution in [2.24, 2.45) is 0 Å². The minimum absolute atomic E-state index is 0.140. The Morgan fingerprint density at radius 2 is 0.943 bits per heavy atom. The second kappa shape index (κ2) is 7.42. The lowest BCUT2D eigenvalue weighted by molar-refractivity contribution is 0.590. The van der Waals surface area contributed by atoms with E-state index in [1.54, 1.807) is 0 Å². The van der Waals surface area contributed by atoms with Crippen LogP contribution in [0.25, 0.3) is 49.6 Å². The number of benzene rings is 2. The highest BCUT2D eigenvalue weighted by atomic mass is 14.9. The molecule has 0 aliphatic heterocycles. The second-order valence-electron chi connectivity index (χ2n) is 11.9. The maximum absolute atomic E-state index is 4.60. The van der Waals surface area contributed by atoms with E-state index in [4.69, 9.17) is 0 Å². The zero-order chi connectivity index (χ0) is 24.5. The standard InChI is InChI=1S/C33H32N2/c1-32(2,3)25-11-7-21(8-12-25)27-17-23-19-34-20-24-18-28(30-16-15-29(27)35(30)31(23)24)22-9-13-26(14-10-22)33(4,5)6/h7-20H,1-6H3.